The Morgan fingerprint density at radius 1 is 1.33 bits per heavy atom. The molecular weight excluding hydrogens is 308 g/mol. The number of ether oxygens (including phenoxy) is 1. The van der Waals surface area contributed by atoms with Crippen molar-refractivity contribution < 1.29 is 9.66 Å². The number of benzene rings is 1. The number of nitrogens with zero attached hydrogens (tertiary/aromatic N) is 3. The minimum atomic E-state index is -0.362. The first-order valence-electron chi connectivity index (χ1n) is 8.23. The van der Waals surface area contributed by atoms with Crippen LogP contribution in [0.2, 0.25) is 0 Å². The first-order valence-corrected chi connectivity index (χ1v) is 8.23. The Hall–Kier alpha value is -2.25. The highest BCUT2D eigenvalue weighted by molar-refractivity contribution is 5.94. The molecule has 0 atom stereocenters. The van der Waals surface area contributed by atoms with Crippen LogP contribution in [-0.2, 0) is 4.74 Å². The Morgan fingerprint density at radius 3 is 2.88 bits per heavy atom. The van der Waals surface area contributed by atoms with Crippen LogP contribution in [0, 0.1) is 17.0 Å². The van der Waals surface area contributed by atoms with Gasteiger partial charge in [-0.15, -0.1) is 0 Å². The van der Waals surface area contributed by atoms with Crippen LogP contribution in [0.3, 0.4) is 0 Å². The van der Waals surface area contributed by atoms with E-state index in [9.17, 15) is 10.1 Å². The molecule has 0 bridgehead atoms. The number of nitro groups is 1. The first kappa shape index (κ1) is 16.6. The van der Waals surface area contributed by atoms with Gasteiger partial charge in [0.1, 0.15) is 0 Å². The highest BCUT2D eigenvalue weighted by atomic mass is 16.6. The standard InChI is InChI=1S/C17H22N4O3/c1-13-16(21(22)23)4-3-14-15(5-7-19-17(13)14)18-6-2-8-20-9-11-24-12-10-20/h3-5,7H,2,6,8-12H2,1H3,(H,18,19). The van der Waals surface area contributed by atoms with E-state index in [-0.39, 0.29) is 10.6 Å². The summed E-state index contributed by atoms with van der Waals surface area (Å²) in [6.07, 6.45) is 2.74. The van der Waals surface area contributed by atoms with E-state index in [2.05, 4.69) is 15.2 Å². The number of hydrogen-bond donors (Lipinski definition) is 1. The van der Waals surface area contributed by atoms with Crippen molar-refractivity contribution in [1.29, 1.82) is 0 Å². The molecule has 0 spiro atoms. The predicted molar refractivity (Wildman–Crippen MR) is 93.5 cm³/mol. The van der Waals surface area contributed by atoms with Crippen LogP contribution in [-0.4, -0.2) is 54.2 Å². The lowest BCUT2D eigenvalue weighted by atomic mass is 10.1. The summed E-state index contributed by atoms with van der Waals surface area (Å²) in [5, 5.41) is 15.4. The topological polar surface area (TPSA) is 80.5 Å². The van der Waals surface area contributed by atoms with Crippen molar-refractivity contribution in [1.82, 2.24) is 9.88 Å². The number of aryl methyl sites for hydroxylation is 1. The number of morpholine rings is 1. The van der Waals surface area contributed by atoms with Gasteiger partial charge in [-0.1, -0.05) is 0 Å². The lowest BCUT2D eigenvalue weighted by molar-refractivity contribution is -0.385. The van der Waals surface area contributed by atoms with Gasteiger partial charge in [0.2, 0.25) is 0 Å². The fourth-order valence-corrected chi connectivity index (χ4v) is 3.05. The van der Waals surface area contributed by atoms with E-state index < -0.39 is 0 Å². The van der Waals surface area contributed by atoms with E-state index in [1.54, 1.807) is 25.3 Å². The number of hydrogen-bond acceptors (Lipinski definition) is 6. The summed E-state index contributed by atoms with van der Waals surface area (Å²) in [6, 6.07) is 5.25. The van der Waals surface area contributed by atoms with Gasteiger partial charge >= 0.3 is 0 Å². The average molecular weight is 330 g/mol. The number of pyridine rings is 1. The zero-order valence-electron chi connectivity index (χ0n) is 13.8. The Labute approximate surface area is 140 Å². The number of nitrogens with one attached hydrogen (secondary N) is 1. The van der Waals surface area contributed by atoms with E-state index in [0.29, 0.717) is 11.1 Å². The molecular formula is C17H22N4O3. The molecule has 2 aromatic rings. The number of nitro benzene ring substituents is 1. The van der Waals surface area contributed by atoms with Crippen LogP contribution in [0.1, 0.15) is 12.0 Å². The quantitative estimate of drug-likeness (QED) is 0.498. The van der Waals surface area contributed by atoms with Crippen molar-refractivity contribution in [2.75, 3.05) is 44.7 Å². The van der Waals surface area contributed by atoms with Gasteiger partial charge in [-0.2, -0.15) is 0 Å². The van der Waals surface area contributed by atoms with Crippen molar-refractivity contribution in [3.63, 3.8) is 0 Å². The van der Waals surface area contributed by atoms with Crippen LogP contribution in [0.25, 0.3) is 10.9 Å². The molecule has 1 aliphatic heterocycles. The molecule has 3 rings (SSSR count). The highest BCUT2D eigenvalue weighted by Crippen LogP contribution is 2.29. The van der Waals surface area contributed by atoms with Crippen LogP contribution in [0.4, 0.5) is 11.4 Å². The van der Waals surface area contributed by atoms with Gasteiger partial charge in [-0.3, -0.25) is 20.0 Å². The van der Waals surface area contributed by atoms with Crippen molar-refractivity contribution in [2.45, 2.75) is 13.3 Å². The first-order chi connectivity index (χ1) is 11.7. The Morgan fingerprint density at radius 2 is 2.12 bits per heavy atom. The zero-order chi connectivity index (χ0) is 16.9. The van der Waals surface area contributed by atoms with Gasteiger partial charge in [0.15, 0.2) is 0 Å². The second kappa shape index (κ2) is 7.55. The lowest BCUT2D eigenvalue weighted by Crippen LogP contribution is -2.37. The smallest absolute Gasteiger partial charge is 0.274 e. The molecule has 0 unspecified atom stereocenters. The van der Waals surface area contributed by atoms with Crippen molar-refractivity contribution in [3.05, 3.63) is 40.1 Å². The molecule has 24 heavy (non-hydrogen) atoms. The van der Waals surface area contributed by atoms with Gasteiger partial charge in [-0.25, -0.2) is 0 Å². The number of fused-ring (bicyclic) bond motifs is 1. The second-order valence-electron chi connectivity index (χ2n) is 5.96. The summed E-state index contributed by atoms with van der Waals surface area (Å²) in [7, 11) is 0. The van der Waals surface area contributed by atoms with Gasteiger partial charge in [0, 0.05) is 43.0 Å². The van der Waals surface area contributed by atoms with E-state index >= 15 is 0 Å². The zero-order valence-corrected chi connectivity index (χ0v) is 13.8. The summed E-state index contributed by atoms with van der Waals surface area (Å²) < 4.78 is 5.35. The Balaban J connectivity index is 1.66. The highest BCUT2D eigenvalue weighted by Gasteiger charge is 2.15. The van der Waals surface area contributed by atoms with Crippen molar-refractivity contribution >= 4 is 22.3 Å². The van der Waals surface area contributed by atoms with Gasteiger partial charge in [0.25, 0.3) is 5.69 Å². The van der Waals surface area contributed by atoms with E-state index in [1.165, 1.54) is 0 Å². The van der Waals surface area contributed by atoms with E-state index in [4.69, 9.17) is 4.74 Å². The van der Waals surface area contributed by atoms with Gasteiger partial charge in [0.05, 0.1) is 29.2 Å². The van der Waals surface area contributed by atoms with Crippen molar-refractivity contribution in [2.24, 2.45) is 0 Å². The fourth-order valence-electron chi connectivity index (χ4n) is 3.05. The lowest BCUT2D eigenvalue weighted by Gasteiger charge is -2.26. The predicted octanol–water partition coefficient (Wildman–Crippen LogP) is 2.59. The minimum absolute atomic E-state index is 0.111. The van der Waals surface area contributed by atoms with Crippen LogP contribution < -0.4 is 5.32 Å². The second-order valence-corrected chi connectivity index (χ2v) is 5.96. The normalized spacial score (nSPS) is 15.5. The Kier molecular flexibility index (Phi) is 5.22. The molecule has 7 nitrogen and oxygen atoms in total. The molecule has 0 saturated carbocycles. The average Bonchev–Trinajstić information content (AvgIpc) is 2.60. The van der Waals surface area contributed by atoms with E-state index in [1.807, 2.05) is 6.07 Å². The summed E-state index contributed by atoms with van der Waals surface area (Å²) in [5.41, 5.74) is 2.37. The third-order valence-electron chi connectivity index (χ3n) is 4.40. The van der Waals surface area contributed by atoms with Gasteiger partial charge in [-0.05, 0) is 32.0 Å². The Bertz CT molecular complexity index is 729. The van der Waals surface area contributed by atoms with Gasteiger partial charge < -0.3 is 10.1 Å². The molecule has 0 amide bonds. The monoisotopic (exact) mass is 330 g/mol. The molecule has 1 aromatic heterocycles. The number of aromatic nitrogens is 1. The fraction of sp³-hybridized carbons (Fsp3) is 0.471. The maximum absolute atomic E-state index is 11.1. The molecule has 1 saturated heterocycles. The van der Waals surface area contributed by atoms with Crippen LogP contribution in [0.5, 0.6) is 0 Å². The number of rotatable bonds is 6. The molecule has 0 aliphatic carbocycles. The van der Waals surface area contributed by atoms with Crippen molar-refractivity contribution in [3.8, 4) is 0 Å². The van der Waals surface area contributed by atoms with Crippen LogP contribution >= 0.6 is 0 Å². The maximum atomic E-state index is 11.1. The largest absolute Gasteiger partial charge is 0.384 e. The van der Waals surface area contributed by atoms with E-state index in [0.717, 1.165) is 56.9 Å². The molecule has 1 aromatic carbocycles. The number of anilines is 1. The third kappa shape index (κ3) is 3.63. The van der Waals surface area contributed by atoms with Crippen LogP contribution in [0.15, 0.2) is 24.4 Å². The third-order valence-corrected chi connectivity index (χ3v) is 4.40. The molecule has 1 fully saturated rings. The molecule has 1 aliphatic rings. The molecule has 0 radical (unpaired) electrons. The summed E-state index contributed by atoms with van der Waals surface area (Å²) in [5.74, 6) is 0. The molecule has 7 heteroatoms. The SMILES string of the molecule is Cc1c([N+](=O)[O-])ccc2c(NCCCN3CCOCC3)ccnc12. The summed E-state index contributed by atoms with van der Waals surface area (Å²) in [6.45, 7) is 7.29. The molecule has 2 heterocycles. The summed E-state index contributed by atoms with van der Waals surface area (Å²) >= 11 is 0. The summed E-state index contributed by atoms with van der Waals surface area (Å²) in [4.78, 5) is 17.4. The maximum Gasteiger partial charge on any atom is 0.274 e. The minimum Gasteiger partial charge on any atom is -0.384 e. The molecule has 1 N–H and O–H groups in total. The molecule has 128 valence electrons.